The summed E-state index contributed by atoms with van der Waals surface area (Å²) in [4.78, 5) is 12.3. The highest BCUT2D eigenvalue weighted by Gasteiger charge is 3.04. The summed E-state index contributed by atoms with van der Waals surface area (Å²) in [5, 5.41) is 26.1. The van der Waals surface area contributed by atoms with Crippen molar-refractivity contribution in [1.82, 2.24) is 0 Å². The second-order valence-corrected chi connectivity index (χ2v) is 12.2. The standard InChI is InChI=1S/C27H31NO7/c1-13(2)25-20(34-25)21-27(35-21)23(3)8-7-16-17(11-32-22(16)30)18(23)10-19-26(27,33-19)24(25,31)12-28-14-5-4-6-15(29)9-14/h4-6,9,13,18-21,28-29,31H,7-8,10-12H2,1-3H3/t18-,19-,20-,21-,23-,24-,25-,26+,27+/m0/s1. The van der Waals surface area contributed by atoms with Crippen molar-refractivity contribution in [3.8, 4) is 5.75 Å². The van der Waals surface area contributed by atoms with E-state index in [9.17, 15) is 15.0 Å². The number of esters is 1. The molecule has 8 nitrogen and oxygen atoms in total. The Balaban J connectivity index is 1.25. The molecule has 0 radical (unpaired) electrons. The van der Waals surface area contributed by atoms with Gasteiger partial charge in [0.2, 0.25) is 0 Å². The number of phenolic OH excluding ortho intramolecular Hbond substituents is 1. The minimum absolute atomic E-state index is 0.0527. The van der Waals surface area contributed by atoms with Crippen molar-refractivity contribution in [1.29, 1.82) is 0 Å². The maximum Gasteiger partial charge on any atom is 0.334 e. The maximum absolute atomic E-state index is 12.8. The number of hydrogen-bond acceptors (Lipinski definition) is 8. The lowest BCUT2D eigenvalue weighted by Gasteiger charge is -2.56. The lowest BCUT2D eigenvalue weighted by molar-refractivity contribution is -0.159. The van der Waals surface area contributed by atoms with Gasteiger partial charge in [-0.1, -0.05) is 26.8 Å². The topological polar surface area (TPSA) is 116 Å². The molecule has 8 heteroatoms. The maximum atomic E-state index is 12.8. The molecular weight excluding hydrogens is 450 g/mol. The zero-order valence-electron chi connectivity index (χ0n) is 20.2. The van der Waals surface area contributed by atoms with Crippen LogP contribution in [0.3, 0.4) is 0 Å². The van der Waals surface area contributed by atoms with E-state index in [1.807, 2.05) is 6.07 Å². The number of epoxide rings is 3. The molecule has 2 saturated carbocycles. The number of benzene rings is 1. The molecular formula is C27H31NO7. The van der Waals surface area contributed by atoms with Crippen LogP contribution in [0.4, 0.5) is 5.69 Å². The van der Waals surface area contributed by atoms with Crippen LogP contribution in [-0.4, -0.2) is 70.1 Å². The molecule has 1 aromatic carbocycles. The van der Waals surface area contributed by atoms with Gasteiger partial charge in [0, 0.05) is 29.3 Å². The first kappa shape index (κ1) is 21.0. The first-order valence-corrected chi connectivity index (χ1v) is 12.8. The summed E-state index contributed by atoms with van der Waals surface area (Å²) in [6, 6.07) is 6.92. The third-order valence-electron chi connectivity index (χ3n) is 10.8. The molecule has 5 fully saturated rings. The fraction of sp³-hybridized carbons (Fsp3) is 0.667. The Morgan fingerprint density at radius 3 is 2.77 bits per heavy atom. The van der Waals surface area contributed by atoms with E-state index in [0.29, 0.717) is 13.0 Å². The van der Waals surface area contributed by atoms with Gasteiger partial charge < -0.3 is 34.5 Å². The molecule has 2 spiro atoms. The first-order chi connectivity index (χ1) is 16.7. The average Bonchev–Trinajstić information content (AvgIpc) is 3.71. The third kappa shape index (κ3) is 1.98. The van der Waals surface area contributed by atoms with E-state index in [0.717, 1.165) is 29.7 Å². The molecule has 0 unspecified atom stereocenters. The van der Waals surface area contributed by atoms with Crippen molar-refractivity contribution >= 4 is 11.7 Å². The second kappa shape index (κ2) is 5.88. The van der Waals surface area contributed by atoms with E-state index >= 15 is 0 Å². The van der Waals surface area contributed by atoms with Gasteiger partial charge in [-0.3, -0.25) is 0 Å². The summed E-state index contributed by atoms with van der Waals surface area (Å²) in [6.07, 6.45) is 1.66. The van der Waals surface area contributed by atoms with Crippen LogP contribution in [0.25, 0.3) is 0 Å². The van der Waals surface area contributed by atoms with Crippen LogP contribution in [-0.2, 0) is 23.7 Å². The normalized spacial score (nSPS) is 51.9. The SMILES string of the molecule is CC(C)[C@]12O[C@H]1[C@@H]1O[C@]13[C@]1(O[C@H]1C[C@H]1C4=C(CC[C@@]13C)C(=O)OC4)[C@]2(O)CNc1cccc(O)c1. The Hall–Kier alpha value is -2.13. The number of aromatic hydroxyl groups is 1. The van der Waals surface area contributed by atoms with Crippen LogP contribution in [0.15, 0.2) is 35.4 Å². The number of nitrogens with one attached hydrogen (secondary N) is 1. The Bertz CT molecular complexity index is 1230. The van der Waals surface area contributed by atoms with Gasteiger partial charge in [-0.2, -0.15) is 0 Å². The summed E-state index contributed by atoms with van der Waals surface area (Å²) in [5.74, 6) is 0.160. The summed E-state index contributed by atoms with van der Waals surface area (Å²) < 4.78 is 25.3. The van der Waals surface area contributed by atoms with E-state index in [1.54, 1.807) is 18.2 Å². The fourth-order valence-electron chi connectivity index (χ4n) is 9.20. The molecule has 7 aliphatic rings. The molecule has 4 aliphatic heterocycles. The van der Waals surface area contributed by atoms with Crippen molar-refractivity contribution in [2.24, 2.45) is 17.3 Å². The molecule has 9 atom stereocenters. The number of aliphatic hydroxyl groups is 1. The fourth-order valence-corrected chi connectivity index (χ4v) is 9.20. The van der Waals surface area contributed by atoms with Crippen molar-refractivity contribution in [3.05, 3.63) is 35.4 Å². The van der Waals surface area contributed by atoms with Crippen LogP contribution in [0, 0.1) is 17.3 Å². The highest BCUT2D eigenvalue weighted by molar-refractivity contribution is 5.92. The molecule has 3 N–H and O–H groups in total. The van der Waals surface area contributed by atoms with Gasteiger partial charge in [0.15, 0.2) is 5.60 Å². The third-order valence-corrected chi connectivity index (χ3v) is 10.8. The summed E-state index contributed by atoms with van der Waals surface area (Å²) in [7, 11) is 0. The lowest BCUT2D eigenvalue weighted by Crippen LogP contribution is -2.77. The first-order valence-electron chi connectivity index (χ1n) is 12.8. The predicted octanol–water partition coefficient (Wildman–Crippen LogP) is 2.29. The Morgan fingerprint density at radius 2 is 2.00 bits per heavy atom. The molecule has 4 heterocycles. The number of carbonyl (C=O) groups excluding carboxylic acids is 1. The molecule has 3 saturated heterocycles. The zero-order chi connectivity index (χ0) is 24.2. The number of anilines is 1. The summed E-state index contributed by atoms with van der Waals surface area (Å²) >= 11 is 0. The number of fused-ring (bicyclic) bond motifs is 4. The average molecular weight is 482 g/mol. The van der Waals surface area contributed by atoms with Crippen molar-refractivity contribution in [3.63, 3.8) is 0 Å². The Labute approximate surface area is 203 Å². The molecule has 1 aromatic rings. The smallest absolute Gasteiger partial charge is 0.334 e. The van der Waals surface area contributed by atoms with E-state index < -0.39 is 22.4 Å². The highest BCUT2D eigenvalue weighted by atomic mass is 16.7. The van der Waals surface area contributed by atoms with Gasteiger partial charge in [-0.25, -0.2) is 4.79 Å². The van der Waals surface area contributed by atoms with Gasteiger partial charge in [0.05, 0.1) is 6.10 Å². The molecule has 186 valence electrons. The van der Waals surface area contributed by atoms with Gasteiger partial charge in [0.1, 0.15) is 41.4 Å². The molecule has 0 amide bonds. The van der Waals surface area contributed by atoms with Crippen molar-refractivity contribution in [2.45, 2.75) is 80.7 Å². The van der Waals surface area contributed by atoms with E-state index in [-0.39, 0.29) is 53.8 Å². The lowest BCUT2D eigenvalue weighted by atomic mass is 9.44. The highest BCUT2D eigenvalue weighted by Crippen LogP contribution is 2.85. The van der Waals surface area contributed by atoms with Gasteiger partial charge >= 0.3 is 5.97 Å². The number of rotatable bonds is 4. The van der Waals surface area contributed by atoms with Crippen LogP contribution in [0.2, 0.25) is 0 Å². The number of ether oxygens (including phenoxy) is 4. The zero-order valence-corrected chi connectivity index (χ0v) is 20.2. The summed E-state index contributed by atoms with van der Waals surface area (Å²) in [5.41, 5.74) is -1.31. The molecule has 0 bridgehead atoms. The van der Waals surface area contributed by atoms with E-state index in [2.05, 4.69) is 26.1 Å². The van der Waals surface area contributed by atoms with E-state index in [4.69, 9.17) is 18.9 Å². The van der Waals surface area contributed by atoms with Crippen LogP contribution < -0.4 is 5.32 Å². The number of hydrogen-bond donors (Lipinski definition) is 3. The van der Waals surface area contributed by atoms with Crippen molar-refractivity contribution in [2.75, 3.05) is 18.5 Å². The molecule has 8 rings (SSSR count). The molecule has 35 heavy (non-hydrogen) atoms. The second-order valence-electron chi connectivity index (χ2n) is 12.2. The molecule has 0 aromatic heterocycles. The quantitative estimate of drug-likeness (QED) is 0.443. The monoisotopic (exact) mass is 481 g/mol. The minimum atomic E-state index is -1.34. The number of carbonyl (C=O) groups is 1. The van der Waals surface area contributed by atoms with Gasteiger partial charge in [0.25, 0.3) is 0 Å². The van der Waals surface area contributed by atoms with E-state index in [1.165, 1.54) is 0 Å². The largest absolute Gasteiger partial charge is 0.508 e. The van der Waals surface area contributed by atoms with Gasteiger partial charge in [-0.15, -0.1) is 0 Å². The van der Waals surface area contributed by atoms with Crippen LogP contribution in [0.1, 0.15) is 40.0 Å². The summed E-state index contributed by atoms with van der Waals surface area (Å²) in [6.45, 7) is 7.02. The predicted molar refractivity (Wildman–Crippen MR) is 123 cm³/mol. The van der Waals surface area contributed by atoms with Crippen LogP contribution >= 0.6 is 0 Å². The Morgan fingerprint density at radius 1 is 1.17 bits per heavy atom. The Kier molecular flexibility index (Phi) is 3.53. The van der Waals surface area contributed by atoms with Gasteiger partial charge in [-0.05, 0) is 48.8 Å². The number of cyclic esters (lactones) is 1. The molecule has 3 aliphatic carbocycles. The number of phenols is 1. The van der Waals surface area contributed by atoms with Crippen LogP contribution in [0.5, 0.6) is 5.75 Å². The minimum Gasteiger partial charge on any atom is -0.508 e. The van der Waals surface area contributed by atoms with Crippen molar-refractivity contribution < 1.29 is 34.0 Å².